The van der Waals surface area contributed by atoms with E-state index in [4.69, 9.17) is 4.74 Å². The fraction of sp³-hybridized carbons (Fsp3) is 0.308. The van der Waals surface area contributed by atoms with Crippen molar-refractivity contribution in [2.45, 2.75) is 32.2 Å². The summed E-state index contributed by atoms with van der Waals surface area (Å²) < 4.78 is 5.78. The van der Waals surface area contributed by atoms with Crippen molar-refractivity contribution in [1.29, 1.82) is 0 Å². The first kappa shape index (κ1) is 20.7. The number of ether oxygens (including phenoxy) is 1. The molecular weight excluding hydrogens is 430 g/mol. The molecule has 0 bridgehead atoms. The van der Waals surface area contributed by atoms with Gasteiger partial charge in [-0.3, -0.25) is 9.59 Å². The lowest BCUT2D eigenvalue weighted by Crippen LogP contribution is -2.41. The van der Waals surface area contributed by atoms with E-state index in [1.807, 2.05) is 65.4 Å². The second-order valence-corrected chi connectivity index (χ2v) is 9.11. The zero-order chi connectivity index (χ0) is 23.2. The van der Waals surface area contributed by atoms with Gasteiger partial charge in [-0.1, -0.05) is 19.1 Å². The summed E-state index contributed by atoms with van der Waals surface area (Å²) in [5.41, 5.74) is 4.42. The summed E-state index contributed by atoms with van der Waals surface area (Å²) in [6, 6.07) is 13.9. The summed E-state index contributed by atoms with van der Waals surface area (Å²) in [4.78, 5) is 37.2. The van der Waals surface area contributed by atoms with Gasteiger partial charge in [0.2, 0.25) is 17.7 Å². The van der Waals surface area contributed by atoms with Gasteiger partial charge in [-0.05, 0) is 48.7 Å². The number of amides is 2. The molecule has 172 valence electrons. The van der Waals surface area contributed by atoms with Gasteiger partial charge in [0.25, 0.3) is 0 Å². The number of anilines is 4. The first-order valence-electron chi connectivity index (χ1n) is 11.7. The third-order valence-corrected chi connectivity index (χ3v) is 6.78. The normalized spacial score (nSPS) is 21.3. The fourth-order valence-electron chi connectivity index (χ4n) is 5.00. The van der Waals surface area contributed by atoms with Crippen molar-refractivity contribution in [2.75, 3.05) is 28.3 Å². The van der Waals surface area contributed by atoms with E-state index < -0.39 is 0 Å². The molecule has 1 aromatic carbocycles. The third-order valence-electron chi connectivity index (χ3n) is 6.78. The van der Waals surface area contributed by atoms with Crippen molar-refractivity contribution in [2.24, 2.45) is 5.92 Å². The average molecular weight is 456 g/mol. The van der Waals surface area contributed by atoms with Crippen molar-refractivity contribution in [3.63, 3.8) is 0 Å². The molecule has 0 radical (unpaired) electrons. The zero-order valence-electron chi connectivity index (χ0n) is 18.9. The van der Waals surface area contributed by atoms with E-state index in [9.17, 15) is 9.59 Å². The number of hydrogen-bond acceptors (Lipinski definition) is 6. The van der Waals surface area contributed by atoms with Crippen LogP contribution in [0.1, 0.15) is 26.2 Å². The molecule has 0 aliphatic carbocycles. The van der Waals surface area contributed by atoms with Gasteiger partial charge in [0, 0.05) is 36.3 Å². The van der Waals surface area contributed by atoms with Crippen molar-refractivity contribution < 1.29 is 14.3 Å². The number of carbonyl (C=O) groups excluding carboxylic acids is 2. The molecule has 0 saturated carbocycles. The lowest BCUT2D eigenvalue weighted by Gasteiger charge is -2.31. The summed E-state index contributed by atoms with van der Waals surface area (Å²) in [7, 11) is 0. The molecule has 1 unspecified atom stereocenters. The highest BCUT2D eigenvalue weighted by molar-refractivity contribution is 6.00. The average Bonchev–Trinajstić information content (AvgIpc) is 3.42. The molecule has 8 nitrogen and oxygen atoms in total. The molecule has 8 heteroatoms. The van der Waals surface area contributed by atoms with Crippen LogP contribution in [0.2, 0.25) is 0 Å². The van der Waals surface area contributed by atoms with E-state index in [1.54, 1.807) is 6.20 Å². The van der Waals surface area contributed by atoms with Gasteiger partial charge in [0.05, 0.1) is 17.9 Å². The van der Waals surface area contributed by atoms with E-state index in [0.717, 1.165) is 41.9 Å². The van der Waals surface area contributed by atoms with Crippen LogP contribution in [0.3, 0.4) is 0 Å². The van der Waals surface area contributed by atoms with Crippen molar-refractivity contribution in [3.05, 3.63) is 54.9 Å². The number of carbonyl (C=O) groups is 2. The van der Waals surface area contributed by atoms with Gasteiger partial charge in [-0.15, -0.1) is 0 Å². The Balaban J connectivity index is 1.18. The van der Waals surface area contributed by atoms with E-state index in [1.165, 1.54) is 0 Å². The van der Waals surface area contributed by atoms with Gasteiger partial charge in [-0.2, -0.15) is 0 Å². The van der Waals surface area contributed by atoms with Crippen LogP contribution in [0.15, 0.2) is 54.9 Å². The minimum atomic E-state index is -0.00437. The van der Waals surface area contributed by atoms with Crippen LogP contribution in [-0.4, -0.2) is 41.0 Å². The van der Waals surface area contributed by atoms with Crippen LogP contribution >= 0.6 is 0 Å². The smallest absolute Gasteiger partial charge is 0.238 e. The SMILES string of the molecule is CC1C[C@H]2COc3ncc(Nc4ccc(-c5ccc(N6CCCC6=O)cc5)cn4)cc3N2C1=O. The monoisotopic (exact) mass is 455 g/mol. The molecular formula is C26H25N5O3. The first-order chi connectivity index (χ1) is 16.6. The number of pyridine rings is 2. The van der Waals surface area contributed by atoms with Gasteiger partial charge in [0.15, 0.2) is 0 Å². The molecule has 2 amide bonds. The summed E-state index contributed by atoms with van der Waals surface area (Å²) in [6.45, 7) is 3.23. The summed E-state index contributed by atoms with van der Waals surface area (Å²) >= 11 is 0. The molecule has 2 fully saturated rings. The van der Waals surface area contributed by atoms with Crippen LogP contribution < -0.4 is 19.9 Å². The Labute approximate surface area is 197 Å². The molecule has 6 rings (SSSR count). The molecule has 3 aromatic rings. The molecule has 0 spiro atoms. The van der Waals surface area contributed by atoms with Crippen LogP contribution in [0.4, 0.5) is 22.9 Å². The Kier molecular flexibility index (Phi) is 4.94. The Bertz CT molecular complexity index is 1260. The van der Waals surface area contributed by atoms with Gasteiger partial charge in [-0.25, -0.2) is 9.97 Å². The lowest BCUT2D eigenvalue weighted by atomic mass is 10.1. The number of nitrogens with zero attached hydrogens (tertiary/aromatic N) is 4. The number of benzene rings is 1. The van der Waals surface area contributed by atoms with Crippen molar-refractivity contribution in [3.8, 4) is 17.0 Å². The van der Waals surface area contributed by atoms with E-state index in [-0.39, 0.29) is 23.8 Å². The van der Waals surface area contributed by atoms with Crippen molar-refractivity contribution in [1.82, 2.24) is 9.97 Å². The molecule has 5 heterocycles. The molecule has 3 aliphatic rings. The topological polar surface area (TPSA) is 87.7 Å². The minimum Gasteiger partial charge on any atom is -0.474 e. The lowest BCUT2D eigenvalue weighted by molar-refractivity contribution is -0.120. The number of hydrogen-bond donors (Lipinski definition) is 1. The summed E-state index contributed by atoms with van der Waals surface area (Å²) in [5, 5.41) is 3.28. The van der Waals surface area contributed by atoms with E-state index >= 15 is 0 Å². The van der Waals surface area contributed by atoms with Crippen LogP contribution in [0.5, 0.6) is 5.88 Å². The standard InChI is InChI=1S/C26H25N5O3/c1-16-11-21-15-34-25-22(31(21)26(16)33)12-19(14-28-25)29-23-9-6-18(13-27-23)17-4-7-20(8-5-17)30-10-2-3-24(30)32/h4-9,12-14,16,21H,2-3,10-11,15H2,1H3,(H,27,29)/t16?,21-/m0/s1. The first-order valence-corrected chi connectivity index (χ1v) is 11.7. The Morgan fingerprint density at radius 1 is 1.03 bits per heavy atom. The number of rotatable bonds is 4. The Morgan fingerprint density at radius 2 is 1.85 bits per heavy atom. The maximum atomic E-state index is 12.6. The number of fused-ring (bicyclic) bond motifs is 3. The van der Waals surface area contributed by atoms with Gasteiger partial charge < -0.3 is 19.9 Å². The second kappa shape index (κ2) is 8.13. The summed E-state index contributed by atoms with van der Waals surface area (Å²) in [5.74, 6) is 1.48. The highest BCUT2D eigenvalue weighted by atomic mass is 16.5. The highest BCUT2D eigenvalue weighted by Gasteiger charge is 2.42. The van der Waals surface area contributed by atoms with Gasteiger partial charge >= 0.3 is 0 Å². The molecule has 2 aromatic heterocycles. The highest BCUT2D eigenvalue weighted by Crippen LogP contribution is 2.40. The van der Waals surface area contributed by atoms with E-state index in [2.05, 4.69) is 15.3 Å². The predicted molar refractivity (Wildman–Crippen MR) is 129 cm³/mol. The van der Waals surface area contributed by atoms with Crippen LogP contribution in [0.25, 0.3) is 11.1 Å². The van der Waals surface area contributed by atoms with Crippen LogP contribution in [0, 0.1) is 5.92 Å². The summed E-state index contributed by atoms with van der Waals surface area (Å²) in [6.07, 6.45) is 5.85. The molecule has 2 saturated heterocycles. The maximum absolute atomic E-state index is 12.6. The molecule has 1 N–H and O–H groups in total. The maximum Gasteiger partial charge on any atom is 0.238 e. The number of aromatic nitrogens is 2. The van der Waals surface area contributed by atoms with Gasteiger partial charge in [0.1, 0.15) is 18.1 Å². The molecule has 34 heavy (non-hydrogen) atoms. The molecule has 3 aliphatic heterocycles. The van der Waals surface area contributed by atoms with Crippen molar-refractivity contribution >= 4 is 34.7 Å². The largest absolute Gasteiger partial charge is 0.474 e. The quantitative estimate of drug-likeness (QED) is 0.636. The van der Waals surface area contributed by atoms with E-state index in [0.29, 0.717) is 30.4 Å². The minimum absolute atomic E-state index is 0.00437. The predicted octanol–water partition coefficient (Wildman–Crippen LogP) is 4.15. The number of nitrogens with one attached hydrogen (secondary N) is 1. The zero-order valence-corrected chi connectivity index (χ0v) is 18.9. The Hall–Kier alpha value is -3.94. The van der Waals surface area contributed by atoms with Crippen LogP contribution in [-0.2, 0) is 9.59 Å². The second-order valence-electron chi connectivity index (χ2n) is 9.11. The third kappa shape index (κ3) is 3.55. The Morgan fingerprint density at radius 3 is 2.59 bits per heavy atom. The fourth-order valence-corrected chi connectivity index (χ4v) is 5.00. The molecule has 2 atom stereocenters.